The first-order chi connectivity index (χ1) is 12.6. The molecule has 0 atom stereocenters. The number of amides is 1. The molecular formula is C21H18FN3O. The molecule has 1 saturated carbocycles. The lowest BCUT2D eigenvalue weighted by Crippen LogP contribution is -2.51. The lowest BCUT2D eigenvalue weighted by molar-refractivity contribution is 0.0270. The molecule has 1 amide bonds. The summed E-state index contributed by atoms with van der Waals surface area (Å²) in [6.07, 6.45) is 6.55. The lowest BCUT2D eigenvalue weighted by Gasteiger charge is -2.48. The molecule has 1 aliphatic heterocycles. The fourth-order valence-corrected chi connectivity index (χ4v) is 4.28. The molecule has 2 aromatic heterocycles. The number of nitrogens with zero attached hydrogens (tertiary/aromatic N) is 3. The summed E-state index contributed by atoms with van der Waals surface area (Å²) in [4.78, 5) is 18.7. The second-order valence-electron chi connectivity index (χ2n) is 7.11. The van der Waals surface area contributed by atoms with E-state index in [1.165, 1.54) is 11.6 Å². The number of hydrogen-bond acceptors (Lipinski definition) is 2. The number of carbonyl (C=O) groups is 1. The molecule has 3 heterocycles. The summed E-state index contributed by atoms with van der Waals surface area (Å²) < 4.78 is 15.1. The Kier molecular flexibility index (Phi) is 3.11. The van der Waals surface area contributed by atoms with Gasteiger partial charge in [0.15, 0.2) is 0 Å². The Balaban J connectivity index is 1.75. The molecule has 1 fully saturated rings. The van der Waals surface area contributed by atoms with Crippen molar-refractivity contribution in [1.29, 1.82) is 0 Å². The Hall–Kier alpha value is -2.95. The molecule has 5 rings (SSSR count). The van der Waals surface area contributed by atoms with Crippen molar-refractivity contribution in [3.05, 3.63) is 72.1 Å². The van der Waals surface area contributed by atoms with Gasteiger partial charge in [0, 0.05) is 30.6 Å². The van der Waals surface area contributed by atoms with Crippen LogP contribution in [0, 0.1) is 5.95 Å². The maximum atomic E-state index is 13.2. The van der Waals surface area contributed by atoms with Gasteiger partial charge in [-0.05, 0) is 55.2 Å². The van der Waals surface area contributed by atoms with Crippen LogP contribution in [0.25, 0.3) is 16.8 Å². The van der Waals surface area contributed by atoms with E-state index in [9.17, 15) is 9.18 Å². The molecule has 0 unspecified atom stereocenters. The molecule has 0 radical (unpaired) electrons. The topological polar surface area (TPSA) is 38.1 Å². The summed E-state index contributed by atoms with van der Waals surface area (Å²) in [5, 5.41) is 0. The van der Waals surface area contributed by atoms with Crippen molar-refractivity contribution in [2.45, 2.75) is 24.8 Å². The minimum atomic E-state index is -0.489. The molecule has 5 heteroatoms. The predicted molar refractivity (Wildman–Crippen MR) is 96.6 cm³/mol. The number of rotatable bonds is 1. The smallest absolute Gasteiger partial charge is 0.271 e. The van der Waals surface area contributed by atoms with Crippen molar-refractivity contribution in [1.82, 2.24) is 14.5 Å². The summed E-state index contributed by atoms with van der Waals surface area (Å²) in [7, 11) is 1.91. The van der Waals surface area contributed by atoms with Crippen LogP contribution in [0.5, 0.6) is 0 Å². The van der Waals surface area contributed by atoms with Gasteiger partial charge in [0.2, 0.25) is 5.95 Å². The highest BCUT2D eigenvalue weighted by atomic mass is 19.1. The fourth-order valence-electron chi connectivity index (χ4n) is 4.28. The Morgan fingerprint density at radius 1 is 1.12 bits per heavy atom. The molecule has 3 aromatic rings. The first kappa shape index (κ1) is 15.3. The van der Waals surface area contributed by atoms with E-state index in [4.69, 9.17) is 0 Å². The van der Waals surface area contributed by atoms with E-state index in [-0.39, 0.29) is 11.4 Å². The third-order valence-electron chi connectivity index (χ3n) is 5.91. The van der Waals surface area contributed by atoms with Gasteiger partial charge in [0.05, 0.1) is 11.2 Å². The molecule has 0 saturated heterocycles. The SMILES string of the molecule is CN1C(=O)c2cccn2-c2cc(-c3ccc(F)nc3)ccc2C12CCC2. The lowest BCUT2D eigenvalue weighted by atomic mass is 9.70. The van der Waals surface area contributed by atoms with Crippen molar-refractivity contribution >= 4 is 5.91 Å². The third kappa shape index (κ3) is 1.94. The van der Waals surface area contributed by atoms with Crippen molar-refractivity contribution in [3.8, 4) is 16.8 Å². The van der Waals surface area contributed by atoms with Crippen LogP contribution in [0.4, 0.5) is 4.39 Å². The second-order valence-corrected chi connectivity index (χ2v) is 7.11. The second kappa shape index (κ2) is 5.27. The van der Waals surface area contributed by atoms with E-state index in [1.807, 2.05) is 40.9 Å². The molecule has 1 aliphatic carbocycles. The summed E-state index contributed by atoms with van der Waals surface area (Å²) in [5.74, 6) is -0.437. The number of benzene rings is 1. The van der Waals surface area contributed by atoms with Crippen LogP contribution in [0.3, 0.4) is 0 Å². The number of aromatic nitrogens is 2. The summed E-state index contributed by atoms with van der Waals surface area (Å²) >= 11 is 0. The average Bonchev–Trinajstić information content (AvgIpc) is 3.08. The number of carbonyl (C=O) groups excluding carboxylic acids is 1. The molecule has 0 bridgehead atoms. The quantitative estimate of drug-likeness (QED) is 0.621. The van der Waals surface area contributed by atoms with Crippen LogP contribution in [0.15, 0.2) is 54.9 Å². The average molecular weight is 347 g/mol. The predicted octanol–water partition coefficient (Wildman–Crippen LogP) is 4.14. The van der Waals surface area contributed by atoms with E-state index < -0.39 is 5.95 Å². The van der Waals surface area contributed by atoms with Crippen molar-refractivity contribution < 1.29 is 9.18 Å². The highest BCUT2D eigenvalue weighted by Crippen LogP contribution is 2.50. The summed E-state index contributed by atoms with van der Waals surface area (Å²) in [6.45, 7) is 0. The van der Waals surface area contributed by atoms with E-state index in [0.717, 1.165) is 36.1 Å². The van der Waals surface area contributed by atoms with Crippen molar-refractivity contribution in [3.63, 3.8) is 0 Å². The van der Waals surface area contributed by atoms with Crippen LogP contribution in [0.1, 0.15) is 35.3 Å². The number of pyridine rings is 1. The van der Waals surface area contributed by atoms with Gasteiger partial charge in [-0.1, -0.05) is 12.1 Å². The van der Waals surface area contributed by atoms with Crippen LogP contribution in [0.2, 0.25) is 0 Å². The zero-order valence-electron chi connectivity index (χ0n) is 14.4. The Morgan fingerprint density at radius 2 is 1.92 bits per heavy atom. The maximum Gasteiger partial charge on any atom is 0.271 e. The Labute approximate surface area is 150 Å². The Bertz CT molecular complexity index is 1020. The van der Waals surface area contributed by atoms with E-state index in [1.54, 1.807) is 12.3 Å². The first-order valence-corrected chi connectivity index (χ1v) is 8.82. The monoisotopic (exact) mass is 347 g/mol. The van der Waals surface area contributed by atoms with E-state index in [0.29, 0.717) is 5.69 Å². The van der Waals surface area contributed by atoms with Crippen LogP contribution < -0.4 is 0 Å². The van der Waals surface area contributed by atoms with Crippen LogP contribution >= 0.6 is 0 Å². The molecule has 0 N–H and O–H groups in total. The standard InChI is InChI=1S/C21H18FN3O/c1-24-20(26)17-4-2-11-25(17)18-12-14(15-6-8-19(22)23-13-15)5-7-16(18)21(24)9-3-10-21/h2,4-8,11-13H,3,9-10H2,1H3. The number of hydrogen-bond donors (Lipinski definition) is 0. The van der Waals surface area contributed by atoms with Gasteiger partial charge in [-0.15, -0.1) is 0 Å². The molecule has 4 nitrogen and oxygen atoms in total. The highest BCUT2D eigenvalue weighted by molar-refractivity contribution is 5.95. The van der Waals surface area contributed by atoms with Crippen molar-refractivity contribution in [2.75, 3.05) is 7.05 Å². The third-order valence-corrected chi connectivity index (χ3v) is 5.91. The molecular weight excluding hydrogens is 329 g/mol. The fraction of sp³-hybridized carbons (Fsp3) is 0.238. The minimum Gasteiger partial charge on any atom is -0.331 e. The first-order valence-electron chi connectivity index (χ1n) is 8.82. The number of fused-ring (bicyclic) bond motifs is 4. The largest absolute Gasteiger partial charge is 0.331 e. The zero-order chi connectivity index (χ0) is 17.9. The van der Waals surface area contributed by atoms with Crippen LogP contribution in [-0.4, -0.2) is 27.4 Å². The van der Waals surface area contributed by atoms with Gasteiger partial charge in [-0.2, -0.15) is 4.39 Å². The normalized spacial score (nSPS) is 17.5. The van der Waals surface area contributed by atoms with Crippen LogP contribution in [-0.2, 0) is 5.54 Å². The molecule has 2 aliphatic rings. The number of halogens is 1. The van der Waals surface area contributed by atoms with Gasteiger partial charge in [-0.3, -0.25) is 4.79 Å². The highest BCUT2D eigenvalue weighted by Gasteiger charge is 2.48. The van der Waals surface area contributed by atoms with Gasteiger partial charge in [0.25, 0.3) is 5.91 Å². The Morgan fingerprint density at radius 3 is 2.62 bits per heavy atom. The molecule has 1 spiro atoms. The summed E-state index contributed by atoms with van der Waals surface area (Å²) in [6, 6.07) is 13.1. The van der Waals surface area contributed by atoms with Gasteiger partial charge in [0.1, 0.15) is 5.69 Å². The summed E-state index contributed by atoms with van der Waals surface area (Å²) in [5.41, 5.74) is 4.45. The van der Waals surface area contributed by atoms with E-state index >= 15 is 0 Å². The maximum absolute atomic E-state index is 13.2. The minimum absolute atomic E-state index is 0.0518. The molecule has 130 valence electrons. The molecule has 1 aromatic carbocycles. The van der Waals surface area contributed by atoms with Gasteiger partial charge >= 0.3 is 0 Å². The zero-order valence-corrected chi connectivity index (χ0v) is 14.4. The van der Waals surface area contributed by atoms with Gasteiger partial charge in [-0.25, -0.2) is 4.98 Å². The van der Waals surface area contributed by atoms with Crippen molar-refractivity contribution in [2.24, 2.45) is 0 Å². The molecule has 26 heavy (non-hydrogen) atoms. The van der Waals surface area contributed by atoms with E-state index in [2.05, 4.69) is 17.1 Å². The van der Waals surface area contributed by atoms with Gasteiger partial charge < -0.3 is 9.47 Å².